The van der Waals surface area contributed by atoms with Gasteiger partial charge in [0, 0.05) is 23.1 Å². The van der Waals surface area contributed by atoms with E-state index in [9.17, 15) is 14.2 Å². The van der Waals surface area contributed by atoms with Gasteiger partial charge >= 0.3 is 7.82 Å². The quantitative estimate of drug-likeness (QED) is 0.465. The summed E-state index contributed by atoms with van der Waals surface area (Å²) in [4.78, 5) is 43.6. The lowest BCUT2D eigenvalue weighted by atomic mass is 9.86. The fourth-order valence-corrected chi connectivity index (χ4v) is 5.30. The van der Waals surface area contributed by atoms with E-state index in [1.165, 1.54) is 17.5 Å². The van der Waals surface area contributed by atoms with Crippen LogP contribution in [0.2, 0.25) is 0 Å². The normalized spacial score (nSPS) is 17.3. The van der Waals surface area contributed by atoms with Crippen molar-refractivity contribution in [1.82, 2.24) is 9.78 Å². The molecule has 0 aliphatic carbocycles. The van der Waals surface area contributed by atoms with E-state index in [-0.39, 0.29) is 11.3 Å². The fourth-order valence-electron chi connectivity index (χ4n) is 3.78. The standard InChI is InChI=1S/C18H25N4O7PS/c1-9-7-22(8-28-30(25,26)27)21-12(9)15(24)20-16-11(14(19)23)10-6-17(2,3)29-18(4,5)13(10)31-16/h7H,6,8H2,1-5H3,(H2,19,23)(H,20,24)(H2,25,26,27). The van der Waals surface area contributed by atoms with Gasteiger partial charge in [-0.2, -0.15) is 5.10 Å². The fraction of sp³-hybridized carbons (Fsp3) is 0.500. The molecule has 0 spiro atoms. The third-order valence-electron chi connectivity index (χ3n) is 4.68. The third kappa shape index (κ3) is 5.05. The molecule has 2 amide bonds. The zero-order chi connectivity index (χ0) is 23.4. The minimum absolute atomic E-state index is 0.0203. The van der Waals surface area contributed by atoms with Crippen molar-refractivity contribution in [3.8, 4) is 0 Å². The molecule has 0 fully saturated rings. The van der Waals surface area contributed by atoms with Crippen molar-refractivity contribution in [1.29, 1.82) is 0 Å². The Balaban J connectivity index is 1.93. The molecule has 0 saturated carbocycles. The Labute approximate surface area is 182 Å². The van der Waals surface area contributed by atoms with Crippen molar-refractivity contribution >= 4 is 36.0 Å². The first kappa shape index (κ1) is 23.6. The van der Waals surface area contributed by atoms with Crippen molar-refractivity contribution in [2.75, 3.05) is 5.32 Å². The number of thiophene rings is 1. The Bertz CT molecular complexity index is 1100. The highest BCUT2D eigenvalue weighted by molar-refractivity contribution is 7.46. The molecule has 3 rings (SSSR count). The van der Waals surface area contributed by atoms with E-state index in [1.54, 1.807) is 6.92 Å². The van der Waals surface area contributed by atoms with Crippen molar-refractivity contribution in [3.63, 3.8) is 0 Å². The molecule has 0 unspecified atom stereocenters. The van der Waals surface area contributed by atoms with Gasteiger partial charge in [-0.05, 0) is 40.2 Å². The number of anilines is 1. The zero-order valence-corrected chi connectivity index (χ0v) is 19.5. The largest absolute Gasteiger partial charge is 0.471 e. The van der Waals surface area contributed by atoms with Crippen molar-refractivity contribution in [2.45, 2.75) is 59.0 Å². The highest BCUT2D eigenvalue weighted by atomic mass is 32.1. The molecule has 0 radical (unpaired) electrons. The van der Waals surface area contributed by atoms with E-state index in [1.807, 2.05) is 27.7 Å². The summed E-state index contributed by atoms with van der Waals surface area (Å²) >= 11 is 1.23. The first-order valence-corrected chi connectivity index (χ1v) is 11.7. The number of aromatic nitrogens is 2. The molecule has 13 heteroatoms. The summed E-state index contributed by atoms with van der Waals surface area (Å²) in [7, 11) is -4.68. The molecule has 0 bridgehead atoms. The maximum atomic E-state index is 12.9. The number of nitrogens with one attached hydrogen (secondary N) is 1. The number of carbonyl (C=O) groups is 2. The van der Waals surface area contributed by atoms with Gasteiger partial charge in [-0.1, -0.05) is 0 Å². The van der Waals surface area contributed by atoms with E-state index in [0.717, 1.165) is 15.1 Å². The van der Waals surface area contributed by atoms with E-state index >= 15 is 0 Å². The van der Waals surface area contributed by atoms with Gasteiger partial charge in [-0.25, -0.2) is 9.25 Å². The molecule has 2 aromatic rings. The lowest BCUT2D eigenvalue weighted by molar-refractivity contribution is -0.135. The van der Waals surface area contributed by atoms with Crippen LogP contribution in [0.15, 0.2) is 6.20 Å². The Morgan fingerprint density at radius 2 is 2.03 bits per heavy atom. The van der Waals surface area contributed by atoms with Gasteiger partial charge in [0.15, 0.2) is 12.4 Å². The average molecular weight is 472 g/mol. The van der Waals surface area contributed by atoms with Gasteiger partial charge in [0.05, 0.1) is 16.8 Å². The first-order valence-electron chi connectivity index (χ1n) is 9.31. The number of phosphoric acid groups is 1. The minimum Gasteiger partial charge on any atom is -0.365 e. The zero-order valence-electron chi connectivity index (χ0n) is 17.8. The van der Waals surface area contributed by atoms with Crippen LogP contribution in [-0.2, 0) is 32.6 Å². The Hall–Kier alpha value is -2.08. The second-order valence-electron chi connectivity index (χ2n) is 8.43. The number of primary amides is 1. The van der Waals surface area contributed by atoms with Crippen LogP contribution in [0, 0.1) is 6.92 Å². The summed E-state index contributed by atoms with van der Waals surface area (Å²) in [5, 5.41) is 7.03. The van der Waals surface area contributed by atoms with E-state index in [2.05, 4.69) is 14.9 Å². The van der Waals surface area contributed by atoms with Crippen LogP contribution in [0.3, 0.4) is 0 Å². The molecule has 0 aromatic carbocycles. The lowest BCUT2D eigenvalue weighted by Crippen LogP contribution is -2.42. The predicted molar refractivity (Wildman–Crippen MR) is 113 cm³/mol. The van der Waals surface area contributed by atoms with Gasteiger partial charge in [0.25, 0.3) is 11.8 Å². The number of ether oxygens (including phenoxy) is 1. The predicted octanol–water partition coefficient (Wildman–Crippen LogP) is 2.26. The molecule has 2 aromatic heterocycles. The summed E-state index contributed by atoms with van der Waals surface area (Å²) in [6.45, 7) is 8.73. The number of hydrogen-bond acceptors (Lipinski definition) is 7. The van der Waals surface area contributed by atoms with Crippen molar-refractivity contribution in [2.24, 2.45) is 5.73 Å². The average Bonchev–Trinajstić information content (AvgIpc) is 3.11. The van der Waals surface area contributed by atoms with Gasteiger partial charge in [-0.3, -0.25) is 14.1 Å². The number of nitrogens with two attached hydrogens (primary N) is 1. The van der Waals surface area contributed by atoms with Crippen molar-refractivity contribution in [3.05, 3.63) is 33.5 Å². The number of fused-ring (bicyclic) bond motifs is 1. The molecule has 5 N–H and O–H groups in total. The number of aryl methyl sites for hydroxylation is 1. The molecule has 170 valence electrons. The van der Waals surface area contributed by atoms with E-state index in [0.29, 0.717) is 17.0 Å². The van der Waals surface area contributed by atoms with Gasteiger partial charge in [-0.15, -0.1) is 11.3 Å². The van der Waals surface area contributed by atoms with Crippen LogP contribution < -0.4 is 11.1 Å². The van der Waals surface area contributed by atoms with Crippen LogP contribution in [0.25, 0.3) is 0 Å². The molecular formula is C18H25N4O7PS. The number of carbonyl (C=O) groups excluding carboxylic acids is 2. The molecule has 31 heavy (non-hydrogen) atoms. The lowest BCUT2D eigenvalue weighted by Gasteiger charge is -2.41. The van der Waals surface area contributed by atoms with E-state index < -0.39 is 37.6 Å². The smallest absolute Gasteiger partial charge is 0.365 e. The molecule has 1 aliphatic rings. The minimum atomic E-state index is -4.68. The summed E-state index contributed by atoms with van der Waals surface area (Å²) in [6.07, 6.45) is 1.88. The third-order valence-corrected chi connectivity index (χ3v) is 6.58. The second kappa shape index (κ2) is 7.80. The van der Waals surface area contributed by atoms with Gasteiger partial charge in [0.2, 0.25) is 0 Å². The first-order chi connectivity index (χ1) is 14.1. The van der Waals surface area contributed by atoms with E-state index in [4.69, 9.17) is 20.3 Å². The van der Waals surface area contributed by atoms with Crippen LogP contribution in [0.5, 0.6) is 0 Å². The summed E-state index contributed by atoms with van der Waals surface area (Å²) in [6, 6.07) is 0. The molecule has 1 aliphatic heterocycles. The number of hydrogen-bond donors (Lipinski definition) is 4. The topological polar surface area (TPSA) is 166 Å². The number of rotatable bonds is 6. The molecule has 0 saturated heterocycles. The summed E-state index contributed by atoms with van der Waals surface area (Å²) < 4.78 is 22.5. The highest BCUT2D eigenvalue weighted by Gasteiger charge is 2.43. The van der Waals surface area contributed by atoms with Crippen LogP contribution in [0.1, 0.15) is 64.5 Å². The highest BCUT2D eigenvalue weighted by Crippen LogP contribution is 2.48. The molecular weight excluding hydrogens is 447 g/mol. The number of amides is 2. The summed E-state index contributed by atoms with van der Waals surface area (Å²) in [5.41, 5.74) is 5.95. The maximum absolute atomic E-state index is 12.9. The van der Waals surface area contributed by atoms with Crippen LogP contribution >= 0.6 is 19.2 Å². The number of phosphoric ester groups is 1. The van der Waals surface area contributed by atoms with Gasteiger partial charge in [0.1, 0.15) is 5.00 Å². The Morgan fingerprint density at radius 1 is 1.39 bits per heavy atom. The maximum Gasteiger partial charge on any atom is 0.471 e. The second-order valence-corrected chi connectivity index (χ2v) is 10.7. The van der Waals surface area contributed by atoms with Crippen LogP contribution in [-0.4, -0.2) is 37.0 Å². The molecule has 0 atom stereocenters. The monoisotopic (exact) mass is 472 g/mol. The molecule has 11 nitrogen and oxygen atoms in total. The number of nitrogens with zero attached hydrogens (tertiary/aromatic N) is 2. The Morgan fingerprint density at radius 3 is 2.61 bits per heavy atom. The van der Waals surface area contributed by atoms with Gasteiger partial charge < -0.3 is 25.6 Å². The Kier molecular flexibility index (Phi) is 5.94. The van der Waals surface area contributed by atoms with Crippen molar-refractivity contribution < 1.29 is 33.2 Å². The summed E-state index contributed by atoms with van der Waals surface area (Å²) in [5.74, 6) is -1.25. The van der Waals surface area contributed by atoms with Crippen LogP contribution in [0.4, 0.5) is 5.00 Å². The SMILES string of the molecule is Cc1cn(COP(=O)(O)O)nc1C(=O)Nc1sc2c(c1C(N)=O)CC(C)(C)OC2(C)C. The molecule has 3 heterocycles.